The van der Waals surface area contributed by atoms with Crippen molar-refractivity contribution in [3.63, 3.8) is 0 Å². The lowest BCUT2D eigenvalue weighted by Gasteiger charge is -2.24. The molecule has 0 spiro atoms. The molecule has 0 aliphatic carbocycles. The fourth-order valence-electron chi connectivity index (χ4n) is 2.47. The summed E-state index contributed by atoms with van der Waals surface area (Å²) in [6.07, 6.45) is 3.71. The smallest absolute Gasteiger partial charge is 0.226 e. The minimum absolute atomic E-state index is 0.0983. The number of halogens is 1. The molecule has 6 nitrogen and oxygen atoms in total. The zero-order chi connectivity index (χ0) is 12.7. The monoisotopic (exact) mass is 267 g/mol. The van der Waals surface area contributed by atoms with E-state index in [0.717, 1.165) is 30.7 Å². The first-order valence-electron chi connectivity index (χ1n) is 5.92. The van der Waals surface area contributed by atoms with Gasteiger partial charge in [0.05, 0.1) is 19.0 Å². The standard InChI is InChI=1S/C11H14ClN5O/c1-16-6-13-8-9(16)14-11(12)15-10(8)17-4-2-3-7(17)5-18/h6-7,18H,2-5H2,1H3/t7-/m0/s1. The van der Waals surface area contributed by atoms with Crippen molar-refractivity contribution in [1.82, 2.24) is 19.5 Å². The van der Waals surface area contributed by atoms with Crippen molar-refractivity contribution in [2.75, 3.05) is 18.1 Å². The van der Waals surface area contributed by atoms with Crippen LogP contribution in [0, 0.1) is 0 Å². The molecule has 0 bridgehead atoms. The lowest BCUT2D eigenvalue weighted by Crippen LogP contribution is -2.33. The molecule has 1 fully saturated rings. The molecular weight excluding hydrogens is 254 g/mol. The van der Waals surface area contributed by atoms with E-state index in [1.54, 1.807) is 6.33 Å². The Morgan fingerprint density at radius 1 is 1.50 bits per heavy atom. The van der Waals surface area contributed by atoms with Crippen LogP contribution in [-0.2, 0) is 7.05 Å². The van der Waals surface area contributed by atoms with Crippen molar-refractivity contribution in [3.8, 4) is 0 Å². The highest BCUT2D eigenvalue weighted by Gasteiger charge is 2.28. The summed E-state index contributed by atoms with van der Waals surface area (Å²) in [5, 5.41) is 9.61. The average molecular weight is 268 g/mol. The van der Waals surface area contributed by atoms with Crippen LogP contribution >= 0.6 is 11.6 Å². The van der Waals surface area contributed by atoms with Gasteiger partial charge in [-0.15, -0.1) is 0 Å². The molecule has 2 aromatic heterocycles. The number of aryl methyl sites for hydroxylation is 1. The highest BCUT2D eigenvalue weighted by molar-refractivity contribution is 6.28. The van der Waals surface area contributed by atoms with Crippen molar-refractivity contribution >= 4 is 28.6 Å². The summed E-state index contributed by atoms with van der Waals surface area (Å²) in [5.74, 6) is 0.724. The molecule has 1 atom stereocenters. The van der Waals surface area contributed by atoms with Gasteiger partial charge in [-0.1, -0.05) is 0 Å². The van der Waals surface area contributed by atoms with Gasteiger partial charge in [0.25, 0.3) is 0 Å². The molecular formula is C11H14ClN5O. The van der Waals surface area contributed by atoms with Gasteiger partial charge in [-0.3, -0.25) is 0 Å². The summed E-state index contributed by atoms with van der Waals surface area (Å²) in [4.78, 5) is 14.9. The Bertz CT molecular complexity index is 584. The first kappa shape index (κ1) is 11.7. The van der Waals surface area contributed by atoms with Crippen molar-refractivity contribution in [2.45, 2.75) is 18.9 Å². The van der Waals surface area contributed by atoms with E-state index in [4.69, 9.17) is 11.6 Å². The third kappa shape index (κ3) is 1.72. The highest BCUT2D eigenvalue weighted by Crippen LogP contribution is 2.29. The fourth-order valence-corrected chi connectivity index (χ4v) is 2.63. The van der Waals surface area contributed by atoms with E-state index in [9.17, 15) is 5.11 Å². The van der Waals surface area contributed by atoms with Crippen LogP contribution in [0.3, 0.4) is 0 Å². The van der Waals surface area contributed by atoms with E-state index in [-0.39, 0.29) is 17.9 Å². The van der Waals surface area contributed by atoms with Crippen molar-refractivity contribution in [2.24, 2.45) is 7.05 Å². The predicted octanol–water partition coefficient (Wildman–Crippen LogP) is 0.978. The zero-order valence-corrected chi connectivity index (χ0v) is 10.8. The van der Waals surface area contributed by atoms with Gasteiger partial charge in [0.15, 0.2) is 17.0 Å². The fraction of sp³-hybridized carbons (Fsp3) is 0.545. The molecule has 7 heteroatoms. The Morgan fingerprint density at radius 3 is 3.11 bits per heavy atom. The van der Waals surface area contributed by atoms with Gasteiger partial charge in [-0.05, 0) is 24.4 Å². The number of hydrogen-bond donors (Lipinski definition) is 1. The molecule has 3 rings (SSSR count). The Balaban J connectivity index is 2.16. The number of aliphatic hydroxyl groups excluding tert-OH is 1. The van der Waals surface area contributed by atoms with Gasteiger partial charge in [-0.25, -0.2) is 4.98 Å². The number of imidazole rings is 1. The number of aliphatic hydroxyl groups is 1. The predicted molar refractivity (Wildman–Crippen MR) is 68.8 cm³/mol. The first-order valence-corrected chi connectivity index (χ1v) is 6.30. The number of anilines is 1. The van der Waals surface area contributed by atoms with Crippen molar-refractivity contribution in [1.29, 1.82) is 0 Å². The Labute approximate surface area is 109 Å². The first-order chi connectivity index (χ1) is 8.70. The van der Waals surface area contributed by atoms with Crippen LogP contribution in [-0.4, -0.2) is 43.8 Å². The molecule has 0 amide bonds. The van der Waals surface area contributed by atoms with E-state index >= 15 is 0 Å². The number of aromatic nitrogens is 4. The zero-order valence-electron chi connectivity index (χ0n) is 10.0. The van der Waals surface area contributed by atoms with Crippen LogP contribution in [0.4, 0.5) is 5.82 Å². The van der Waals surface area contributed by atoms with Crippen LogP contribution in [0.25, 0.3) is 11.2 Å². The van der Waals surface area contributed by atoms with Gasteiger partial charge in [0, 0.05) is 13.6 Å². The molecule has 0 aromatic carbocycles. The summed E-state index contributed by atoms with van der Waals surface area (Å²) >= 11 is 5.97. The van der Waals surface area contributed by atoms with E-state index in [1.165, 1.54) is 0 Å². The third-order valence-electron chi connectivity index (χ3n) is 3.37. The summed E-state index contributed by atoms with van der Waals surface area (Å²) in [6.45, 7) is 0.986. The summed E-state index contributed by atoms with van der Waals surface area (Å²) in [5.41, 5.74) is 1.45. The molecule has 96 valence electrons. The quantitative estimate of drug-likeness (QED) is 0.822. The van der Waals surface area contributed by atoms with Gasteiger partial charge in [0.2, 0.25) is 5.28 Å². The van der Waals surface area contributed by atoms with Crippen molar-refractivity contribution < 1.29 is 5.11 Å². The molecule has 0 unspecified atom stereocenters. The van der Waals surface area contributed by atoms with Crippen LogP contribution in [0.2, 0.25) is 5.28 Å². The SMILES string of the molecule is Cn1cnc2c(N3CCC[C@H]3CO)nc(Cl)nc21. The van der Waals surface area contributed by atoms with Gasteiger partial charge in [0.1, 0.15) is 0 Å². The largest absolute Gasteiger partial charge is 0.394 e. The highest BCUT2D eigenvalue weighted by atomic mass is 35.5. The number of hydrogen-bond acceptors (Lipinski definition) is 5. The van der Waals surface area contributed by atoms with Crippen LogP contribution < -0.4 is 4.90 Å². The van der Waals surface area contributed by atoms with E-state index in [2.05, 4.69) is 19.9 Å². The van der Waals surface area contributed by atoms with E-state index < -0.39 is 0 Å². The van der Waals surface area contributed by atoms with Crippen molar-refractivity contribution in [3.05, 3.63) is 11.6 Å². The summed E-state index contributed by atoms with van der Waals surface area (Å²) < 4.78 is 1.82. The molecule has 1 N–H and O–H groups in total. The molecule has 1 aliphatic rings. The second kappa shape index (κ2) is 4.37. The molecule has 1 aliphatic heterocycles. The maximum atomic E-state index is 9.40. The maximum Gasteiger partial charge on any atom is 0.226 e. The van der Waals surface area contributed by atoms with Gasteiger partial charge >= 0.3 is 0 Å². The third-order valence-corrected chi connectivity index (χ3v) is 3.54. The molecule has 2 aromatic rings. The number of nitrogens with zero attached hydrogens (tertiary/aromatic N) is 5. The number of rotatable bonds is 2. The topological polar surface area (TPSA) is 67.1 Å². The normalized spacial score (nSPS) is 19.9. The number of fused-ring (bicyclic) bond motifs is 1. The van der Waals surface area contributed by atoms with E-state index in [0.29, 0.717) is 5.65 Å². The van der Waals surface area contributed by atoms with Crippen LogP contribution in [0.15, 0.2) is 6.33 Å². The minimum atomic E-state index is 0.0983. The van der Waals surface area contributed by atoms with Crippen LogP contribution in [0.5, 0.6) is 0 Å². The molecule has 18 heavy (non-hydrogen) atoms. The molecule has 0 saturated carbocycles. The Hall–Kier alpha value is -1.40. The van der Waals surface area contributed by atoms with E-state index in [1.807, 2.05) is 11.6 Å². The Kier molecular flexibility index (Phi) is 2.83. The summed E-state index contributed by atoms with van der Waals surface area (Å²) in [6, 6.07) is 0.0983. The molecule has 0 radical (unpaired) electrons. The second-order valence-corrected chi connectivity index (χ2v) is 4.85. The minimum Gasteiger partial charge on any atom is -0.394 e. The maximum absolute atomic E-state index is 9.40. The second-order valence-electron chi connectivity index (χ2n) is 4.52. The lowest BCUT2D eigenvalue weighted by molar-refractivity contribution is 0.266. The Morgan fingerprint density at radius 2 is 2.33 bits per heavy atom. The summed E-state index contributed by atoms with van der Waals surface area (Å²) in [7, 11) is 1.87. The average Bonchev–Trinajstić information content (AvgIpc) is 2.96. The lowest BCUT2D eigenvalue weighted by atomic mass is 10.2. The van der Waals surface area contributed by atoms with Crippen LogP contribution in [0.1, 0.15) is 12.8 Å². The van der Waals surface area contributed by atoms with Gasteiger partial charge in [-0.2, -0.15) is 9.97 Å². The van der Waals surface area contributed by atoms with Gasteiger partial charge < -0.3 is 14.6 Å². The molecule has 3 heterocycles. The molecule has 1 saturated heterocycles.